The highest BCUT2D eigenvalue weighted by Gasteiger charge is 2.62. The van der Waals surface area contributed by atoms with Crippen molar-refractivity contribution >= 4 is 23.6 Å². The Balaban J connectivity index is 1.27. The highest BCUT2D eigenvalue weighted by molar-refractivity contribution is 6.30. The number of carbonyl (C=O) groups excluding carboxylic acids is 2. The summed E-state index contributed by atoms with van der Waals surface area (Å²) in [5.41, 5.74) is -0.499. The van der Waals surface area contributed by atoms with E-state index >= 15 is 0 Å². The Morgan fingerprint density at radius 2 is 1.79 bits per heavy atom. The van der Waals surface area contributed by atoms with Crippen molar-refractivity contribution in [1.82, 2.24) is 15.6 Å². The smallest absolute Gasteiger partial charge is 0.445 e. The number of carbonyl (C=O) groups is 2. The van der Waals surface area contributed by atoms with Crippen molar-refractivity contribution in [2.45, 2.75) is 49.7 Å². The molecule has 2 N–H and O–H groups in total. The minimum Gasteiger partial charge on any atom is -0.445 e. The standard InChI is InChI=1S/C21H18ClF4N3O4/c22-14-3-1-12(7-15(14)23)9-32-18(31)29-20-6-5-19(10-20,11-20)28-17(30)13-2-4-16(27-8-13)33-21(24,25)26/h1-4,7-8H,5-6,9-11H2,(H,28,30)(H,29,31). The van der Waals surface area contributed by atoms with Crippen LogP contribution in [0.5, 0.6) is 5.88 Å². The fraction of sp³-hybridized carbons (Fsp3) is 0.381. The number of benzene rings is 1. The van der Waals surface area contributed by atoms with E-state index in [9.17, 15) is 27.2 Å². The summed E-state index contributed by atoms with van der Waals surface area (Å²) in [5.74, 6) is -1.75. The van der Waals surface area contributed by atoms with Gasteiger partial charge >= 0.3 is 12.5 Å². The van der Waals surface area contributed by atoms with Gasteiger partial charge in [-0.15, -0.1) is 13.2 Å². The molecule has 1 aromatic heterocycles. The lowest BCUT2D eigenvalue weighted by molar-refractivity contribution is -0.276. The van der Waals surface area contributed by atoms with E-state index in [2.05, 4.69) is 20.4 Å². The van der Waals surface area contributed by atoms with Crippen molar-refractivity contribution in [2.75, 3.05) is 0 Å². The molecule has 0 saturated heterocycles. The molecule has 0 atom stereocenters. The molecule has 5 rings (SSSR count). The lowest BCUT2D eigenvalue weighted by Gasteiger charge is -2.47. The van der Waals surface area contributed by atoms with Crippen LogP contribution in [-0.2, 0) is 11.3 Å². The molecule has 2 amide bonds. The first-order valence-corrected chi connectivity index (χ1v) is 10.3. The molecular weight excluding hydrogens is 470 g/mol. The number of nitrogens with zero attached hydrogens (tertiary/aromatic N) is 1. The Hall–Kier alpha value is -3.08. The number of rotatable bonds is 6. The van der Waals surface area contributed by atoms with Crippen molar-refractivity contribution < 1.29 is 36.6 Å². The van der Waals surface area contributed by atoms with Gasteiger partial charge < -0.3 is 20.1 Å². The number of aromatic nitrogens is 1. The van der Waals surface area contributed by atoms with Gasteiger partial charge in [0.05, 0.1) is 10.6 Å². The number of fused-ring (bicyclic) bond motifs is 1. The maximum Gasteiger partial charge on any atom is 0.574 e. The summed E-state index contributed by atoms with van der Waals surface area (Å²) >= 11 is 5.62. The van der Waals surface area contributed by atoms with Crippen LogP contribution in [0.3, 0.4) is 0 Å². The quantitative estimate of drug-likeness (QED) is 0.586. The Kier molecular flexibility index (Phi) is 5.85. The fourth-order valence-electron chi connectivity index (χ4n) is 4.42. The number of amides is 2. The van der Waals surface area contributed by atoms with Gasteiger partial charge in [-0.1, -0.05) is 17.7 Å². The molecule has 33 heavy (non-hydrogen) atoms. The van der Waals surface area contributed by atoms with Crippen LogP contribution >= 0.6 is 11.6 Å². The SMILES string of the molecule is O=C(NC12CCC(NC(=O)c3ccc(OC(F)(F)F)nc3)(C1)C2)OCc1ccc(Cl)c(F)c1. The molecule has 7 nitrogen and oxygen atoms in total. The van der Waals surface area contributed by atoms with Crippen molar-refractivity contribution in [2.24, 2.45) is 0 Å². The van der Waals surface area contributed by atoms with Crippen LogP contribution in [0, 0.1) is 5.82 Å². The van der Waals surface area contributed by atoms with Crippen molar-refractivity contribution in [3.05, 3.63) is 58.5 Å². The zero-order chi connectivity index (χ0) is 23.9. The van der Waals surface area contributed by atoms with Gasteiger partial charge in [-0.3, -0.25) is 4.79 Å². The third-order valence-electron chi connectivity index (χ3n) is 5.75. The van der Waals surface area contributed by atoms with Crippen LogP contribution in [0.2, 0.25) is 5.02 Å². The molecule has 3 fully saturated rings. The molecule has 12 heteroatoms. The normalized spacial score (nSPS) is 23.4. The summed E-state index contributed by atoms with van der Waals surface area (Å²) in [6.45, 7) is -0.126. The number of hydrogen-bond acceptors (Lipinski definition) is 5. The summed E-state index contributed by atoms with van der Waals surface area (Å²) in [7, 11) is 0. The Morgan fingerprint density at radius 1 is 1.09 bits per heavy atom. The number of ether oxygens (including phenoxy) is 2. The highest BCUT2D eigenvalue weighted by Crippen LogP contribution is 2.55. The number of nitrogens with one attached hydrogen (secondary N) is 2. The zero-order valence-corrected chi connectivity index (χ0v) is 17.7. The van der Waals surface area contributed by atoms with Gasteiger partial charge in [-0.25, -0.2) is 14.2 Å². The van der Waals surface area contributed by atoms with Crippen LogP contribution in [0.25, 0.3) is 0 Å². The minimum atomic E-state index is -4.87. The summed E-state index contributed by atoms with van der Waals surface area (Å²) in [5, 5.41) is 5.68. The molecule has 3 saturated carbocycles. The van der Waals surface area contributed by atoms with Crippen LogP contribution in [0.4, 0.5) is 22.4 Å². The zero-order valence-electron chi connectivity index (χ0n) is 17.0. The molecule has 3 aliphatic carbocycles. The maximum atomic E-state index is 13.5. The number of hydrogen-bond donors (Lipinski definition) is 2. The van der Waals surface area contributed by atoms with E-state index in [1.54, 1.807) is 6.07 Å². The van der Waals surface area contributed by atoms with Gasteiger partial charge in [0.25, 0.3) is 5.91 Å². The average Bonchev–Trinajstić information content (AvgIpc) is 3.23. The lowest BCUT2D eigenvalue weighted by atomic mass is 9.71. The van der Waals surface area contributed by atoms with E-state index in [-0.39, 0.29) is 17.2 Å². The van der Waals surface area contributed by atoms with Gasteiger partial charge in [-0.2, -0.15) is 0 Å². The molecule has 1 heterocycles. The molecule has 0 spiro atoms. The number of alkyl carbamates (subject to hydrolysis) is 1. The molecule has 0 aliphatic heterocycles. The van der Waals surface area contributed by atoms with Crippen LogP contribution < -0.4 is 15.4 Å². The molecule has 1 aromatic carbocycles. The number of alkyl halides is 3. The Labute approximate surface area is 190 Å². The number of pyridine rings is 1. The van der Waals surface area contributed by atoms with Crippen LogP contribution in [0.1, 0.15) is 41.6 Å². The second-order valence-corrected chi connectivity index (χ2v) is 8.66. The first-order valence-electron chi connectivity index (χ1n) is 9.90. The molecule has 0 radical (unpaired) electrons. The molecule has 2 bridgehead atoms. The van der Waals surface area contributed by atoms with E-state index in [0.717, 1.165) is 12.3 Å². The van der Waals surface area contributed by atoms with Crippen molar-refractivity contribution in [3.8, 4) is 5.88 Å². The average molecular weight is 488 g/mol. The molecule has 2 aromatic rings. The van der Waals surface area contributed by atoms with Gasteiger partial charge in [0.1, 0.15) is 12.4 Å². The third kappa shape index (κ3) is 5.29. The highest BCUT2D eigenvalue weighted by atomic mass is 35.5. The van der Waals surface area contributed by atoms with Gasteiger partial charge in [0.15, 0.2) is 0 Å². The molecule has 176 valence electrons. The van der Waals surface area contributed by atoms with Gasteiger partial charge in [-0.05, 0) is 49.4 Å². The van der Waals surface area contributed by atoms with E-state index in [1.165, 1.54) is 18.2 Å². The second kappa shape index (κ2) is 8.36. The first kappa shape index (κ1) is 23.1. The predicted octanol–water partition coefficient (Wildman–Crippen LogP) is 4.49. The van der Waals surface area contributed by atoms with Crippen LogP contribution in [0.15, 0.2) is 36.5 Å². The van der Waals surface area contributed by atoms with Crippen LogP contribution in [-0.4, -0.2) is 34.4 Å². The van der Waals surface area contributed by atoms with E-state index in [4.69, 9.17) is 16.3 Å². The van der Waals surface area contributed by atoms with Gasteiger partial charge in [0.2, 0.25) is 5.88 Å². The monoisotopic (exact) mass is 487 g/mol. The molecule has 3 aliphatic rings. The topological polar surface area (TPSA) is 89.6 Å². The van der Waals surface area contributed by atoms with Crippen molar-refractivity contribution in [1.29, 1.82) is 0 Å². The molecular formula is C21H18ClF4N3O4. The van der Waals surface area contributed by atoms with E-state index in [1.807, 2.05) is 0 Å². The largest absolute Gasteiger partial charge is 0.574 e. The predicted molar refractivity (Wildman–Crippen MR) is 107 cm³/mol. The first-order chi connectivity index (χ1) is 15.5. The maximum absolute atomic E-state index is 13.5. The third-order valence-corrected chi connectivity index (χ3v) is 6.06. The second-order valence-electron chi connectivity index (χ2n) is 8.25. The van der Waals surface area contributed by atoms with E-state index in [0.29, 0.717) is 31.2 Å². The van der Waals surface area contributed by atoms with E-state index < -0.39 is 41.1 Å². The summed E-state index contributed by atoms with van der Waals surface area (Å²) in [4.78, 5) is 28.2. The van der Waals surface area contributed by atoms with Gasteiger partial charge in [0, 0.05) is 23.3 Å². The molecule has 0 unspecified atom stereocenters. The Bertz CT molecular complexity index is 1070. The summed E-state index contributed by atoms with van der Waals surface area (Å²) in [6.07, 6.45) is -2.31. The summed E-state index contributed by atoms with van der Waals surface area (Å²) in [6, 6.07) is 6.26. The minimum absolute atomic E-state index is 0.0257. The lowest BCUT2D eigenvalue weighted by Crippen LogP contribution is -2.64. The number of halogens is 5. The Morgan fingerprint density at radius 3 is 2.39 bits per heavy atom. The van der Waals surface area contributed by atoms with Crippen molar-refractivity contribution in [3.63, 3.8) is 0 Å². The fourth-order valence-corrected chi connectivity index (χ4v) is 4.53. The summed E-state index contributed by atoms with van der Waals surface area (Å²) < 4.78 is 59.0.